The van der Waals surface area contributed by atoms with E-state index in [0.29, 0.717) is 13.1 Å². The molecule has 0 unspecified atom stereocenters. The fraction of sp³-hybridized carbons (Fsp3) is 0.333. The van der Waals surface area contributed by atoms with Gasteiger partial charge in [0.15, 0.2) is 0 Å². The van der Waals surface area contributed by atoms with E-state index in [-0.39, 0.29) is 23.6 Å². The smallest absolute Gasteiger partial charge is 0.248 e. The molecule has 2 heterocycles. The Balaban J connectivity index is 1.68. The zero-order chi connectivity index (χ0) is 19.0. The van der Waals surface area contributed by atoms with Gasteiger partial charge in [-0.3, -0.25) is 14.5 Å². The van der Waals surface area contributed by atoms with Crippen molar-refractivity contribution in [3.63, 3.8) is 0 Å². The molecule has 0 bridgehead atoms. The summed E-state index contributed by atoms with van der Waals surface area (Å²) >= 11 is 0. The molecule has 2 saturated heterocycles. The number of likely N-dealkylation sites (tertiary alicyclic amines) is 1. The van der Waals surface area contributed by atoms with Crippen molar-refractivity contribution in [2.45, 2.75) is 32.0 Å². The number of aromatic hydroxyl groups is 1. The zero-order valence-electron chi connectivity index (χ0n) is 15.2. The van der Waals surface area contributed by atoms with Gasteiger partial charge in [0.2, 0.25) is 11.8 Å². The first-order valence-corrected chi connectivity index (χ1v) is 9.31. The van der Waals surface area contributed by atoms with E-state index in [1.165, 1.54) is 4.90 Å². The van der Waals surface area contributed by atoms with E-state index in [2.05, 4.69) is 5.43 Å². The summed E-state index contributed by atoms with van der Waals surface area (Å²) in [5.41, 5.74) is 5.34. The van der Waals surface area contributed by atoms with Gasteiger partial charge in [-0.15, -0.1) is 0 Å². The molecule has 4 rings (SSSR count). The number of hydrogen-bond acceptors (Lipinski definition) is 5. The number of benzene rings is 2. The van der Waals surface area contributed by atoms with Crippen LogP contribution in [0.5, 0.6) is 5.75 Å². The largest absolute Gasteiger partial charge is 0.508 e. The van der Waals surface area contributed by atoms with Gasteiger partial charge in [0.1, 0.15) is 11.8 Å². The summed E-state index contributed by atoms with van der Waals surface area (Å²) < 4.78 is 0. The van der Waals surface area contributed by atoms with E-state index < -0.39 is 12.0 Å². The van der Waals surface area contributed by atoms with Crippen molar-refractivity contribution in [1.29, 1.82) is 0 Å². The Hall–Kier alpha value is -2.70. The molecule has 6 nitrogen and oxygen atoms in total. The Morgan fingerprint density at radius 1 is 1.00 bits per heavy atom. The average Bonchev–Trinajstić information content (AvgIpc) is 3.16. The van der Waals surface area contributed by atoms with Gasteiger partial charge < -0.3 is 5.11 Å². The number of carbonyl (C=O) groups excluding carboxylic acids is 2. The van der Waals surface area contributed by atoms with Crippen molar-refractivity contribution in [3.8, 4) is 5.75 Å². The van der Waals surface area contributed by atoms with Crippen LogP contribution >= 0.6 is 0 Å². The van der Waals surface area contributed by atoms with Gasteiger partial charge in [-0.25, -0.2) is 10.4 Å². The number of fused-ring (bicyclic) bond motifs is 1. The maximum Gasteiger partial charge on any atom is 0.248 e. The van der Waals surface area contributed by atoms with Crippen LogP contribution < -0.4 is 5.43 Å². The first-order chi connectivity index (χ1) is 13.1. The number of hydrazine groups is 1. The standard InChI is InChI=1S/C21H23N3O3/c1-2-12-23-20(26)17-18(15-8-10-16(25)11-9-15)22-24(19(17)21(23)27)13-14-6-4-3-5-7-14/h3-11,17-19,22,25H,2,12-13H2,1H3/t17-,18+,19-/m0/s1. The molecule has 0 spiro atoms. The molecule has 27 heavy (non-hydrogen) atoms. The molecule has 0 radical (unpaired) electrons. The first kappa shape index (κ1) is 17.7. The predicted molar refractivity (Wildman–Crippen MR) is 100 cm³/mol. The van der Waals surface area contributed by atoms with Crippen molar-refractivity contribution >= 4 is 11.8 Å². The molecule has 3 atom stereocenters. The van der Waals surface area contributed by atoms with Gasteiger partial charge in [0.25, 0.3) is 0 Å². The average molecular weight is 365 g/mol. The molecule has 0 saturated carbocycles. The van der Waals surface area contributed by atoms with Crippen LogP contribution in [0.25, 0.3) is 0 Å². The van der Waals surface area contributed by atoms with Crippen LogP contribution in [0, 0.1) is 5.92 Å². The molecule has 2 fully saturated rings. The normalized spacial score (nSPS) is 25.2. The Morgan fingerprint density at radius 2 is 1.70 bits per heavy atom. The van der Waals surface area contributed by atoms with Crippen molar-refractivity contribution in [3.05, 3.63) is 65.7 Å². The van der Waals surface area contributed by atoms with Gasteiger partial charge in [0.05, 0.1) is 12.0 Å². The van der Waals surface area contributed by atoms with E-state index in [0.717, 1.165) is 17.5 Å². The van der Waals surface area contributed by atoms with Crippen LogP contribution in [-0.4, -0.2) is 39.4 Å². The maximum atomic E-state index is 13.0. The van der Waals surface area contributed by atoms with Crippen LogP contribution in [0.1, 0.15) is 30.5 Å². The topological polar surface area (TPSA) is 72.9 Å². The summed E-state index contributed by atoms with van der Waals surface area (Å²) in [4.78, 5) is 27.4. The fourth-order valence-corrected chi connectivity index (χ4v) is 4.06. The molecular formula is C21H23N3O3. The van der Waals surface area contributed by atoms with E-state index >= 15 is 0 Å². The lowest BCUT2D eigenvalue weighted by Crippen LogP contribution is -2.45. The van der Waals surface area contributed by atoms with E-state index in [1.54, 1.807) is 24.3 Å². The predicted octanol–water partition coefficient (Wildman–Crippen LogP) is 2.22. The first-order valence-electron chi connectivity index (χ1n) is 9.31. The zero-order valence-corrected chi connectivity index (χ0v) is 15.2. The Morgan fingerprint density at radius 3 is 2.37 bits per heavy atom. The van der Waals surface area contributed by atoms with Crippen molar-refractivity contribution in [2.24, 2.45) is 5.92 Å². The molecule has 2 amide bonds. The summed E-state index contributed by atoms with van der Waals surface area (Å²) in [5.74, 6) is -0.530. The highest BCUT2D eigenvalue weighted by molar-refractivity contribution is 6.07. The lowest BCUT2D eigenvalue weighted by Gasteiger charge is -2.25. The lowest BCUT2D eigenvalue weighted by atomic mass is 9.91. The Bertz CT molecular complexity index is 838. The van der Waals surface area contributed by atoms with E-state index in [4.69, 9.17) is 0 Å². The summed E-state index contributed by atoms with van der Waals surface area (Å²) in [5, 5.41) is 11.5. The number of carbonyl (C=O) groups is 2. The highest BCUT2D eigenvalue weighted by atomic mass is 16.3. The molecule has 0 aromatic heterocycles. The minimum absolute atomic E-state index is 0.118. The number of phenolic OH excluding ortho intramolecular Hbond substituents is 1. The minimum Gasteiger partial charge on any atom is -0.508 e. The highest BCUT2D eigenvalue weighted by Gasteiger charge is 2.58. The molecule has 6 heteroatoms. The second kappa shape index (κ2) is 7.13. The van der Waals surface area contributed by atoms with Gasteiger partial charge in [0, 0.05) is 13.1 Å². The fourth-order valence-electron chi connectivity index (χ4n) is 4.06. The van der Waals surface area contributed by atoms with Crippen molar-refractivity contribution in [2.75, 3.05) is 6.54 Å². The van der Waals surface area contributed by atoms with Gasteiger partial charge in [-0.1, -0.05) is 49.4 Å². The number of rotatable bonds is 5. The molecular weight excluding hydrogens is 342 g/mol. The summed E-state index contributed by atoms with van der Waals surface area (Å²) in [7, 11) is 0. The summed E-state index contributed by atoms with van der Waals surface area (Å²) in [6.45, 7) is 2.95. The summed E-state index contributed by atoms with van der Waals surface area (Å²) in [6, 6.07) is 15.9. The van der Waals surface area contributed by atoms with Crippen LogP contribution in [0.4, 0.5) is 0 Å². The third kappa shape index (κ3) is 3.11. The number of phenols is 1. The summed E-state index contributed by atoms with van der Waals surface area (Å²) in [6.07, 6.45) is 0.743. The van der Waals surface area contributed by atoms with Gasteiger partial charge >= 0.3 is 0 Å². The van der Waals surface area contributed by atoms with E-state index in [1.807, 2.05) is 42.3 Å². The van der Waals surface area contributed by atoms with E-state index in [9.17, 15) is 14.7 Å². The molecule has 2 aliphatic heterocycles. The Kier molecular flexibility index (Phi) is 4.68. The quantitative estimate of drug-likeness (QED) is 0.795. The van der Waals surface area contributed by atoms with Gasteiger partial charge in [-0.2, -0.15) is 0 Å². The van der Waals surface area contributed by atoms with Crippen molar-refractivity contribution in [1.82, 2.24) is 15.3 Å². The number of nitrogens with zero attached hydrogens (tertiary/aromatic N) is 2. The van der Waals surface area contributed by atoms with Crippen LogP contribution in [0.2, 0.25) is 0 Å². The maximum absolute atomic E-state index is 13.0. The number of hydrogen-bond donors (Lipinski definition) is 2. The molecule has 2 aliphatic rings. The SMILES string of the molecule is CCCN1C(=O)[C@H]2[C@@H](c3ccc(O)cc3)NN(Cc3ccccc3)[C@@H]2C1=O. The van der Waals surface area contributed by atoms with Crippen LogP contribution in [-0.2, 0) is 16.1 Å². The van der Waals surface area contributed by atoms with Crippen LogP contribution in [0.15, 0.2) is 54.6 Å². The molecule has 0 aliphatic carbocycles. The second-order valence-corrected chi connectivity index (χ2v) is 7.11. The third-order valence-corrected chi connectivity index (χ3v) is 5.31. The molecule has 140 valence electrons. The Labute approximate surface area is 158 Å². The highest BCUT2D eigenvalue weighted by Crippen LogP contribution is 2.41. The second-order valence-electron chi connectivity index (χ2n) is 7.11. The molecule has 2 aromatic carbocycles. The monoisotopic (exact) mass is 365 g/mol. The van der Waals surface area contributed by atoms with Crippen molar-refractivity contribution < 1.29 is 14.7 Å². The van der Waals surface area contributed by atoms with Gasteiger partial charge in [-0.05, 0) is 29.7 Å². The molecule has 2 aromatic rings. The minimum atomic E-state index is -0.511. The number of amides is 2. The molecule has 2 N–H and O–H groups in total. The number of imide groups is 1. The van der Waals surface area contributed by atoms with Crippen LogP contribution in [0.3, 0.4) is 0 Å². The number of nitrogens with one attached hydrogen (secondary N) is 1. The third-order valence-electron chi connectivity index (χ3n) is 5.31. The lowest BCUT2D eigenvalue weighted by molar-refractivity contribution is -0.141.